The summed E-state index contributed by atoms with van der Waals surface area (Å²) in [6, 6.07) is -0.407. The molecule has 1 fully saturated rings. The Morgan fingerprint density at radius 3 is 2.41 bits per heavy atom. The smallest absolute Gasteiger partial charge is 0.323 e. The lowest BCUT2D eigenvalue weighted by molar-refractivity contribution is -0.146. The van der Waals surface area contributed by atoms with Crippen molar-refractivity contribution in [3.05, 3.63) is 0 Å². The SMILES string of the molecule is COC(=O)C1CCN(C(=O)NCC(=O)O)CC1. The summed E-state index contributed by atoms with van der Waals surface area (Å²) < 4.78 is 4.63. The summed E-state index contributed by atoms with van der Waals surface area (Å²) >= 11 is 0. The highest BCUT2D eigenvalue weighted by atomic mass is 16.5. The molecule has 0 radical (unpaired) electrons. The summed E-state index contributed by atoms with van der Waals surface area (Å²) in [5.74, 6) is -1.50. The van der Waals surface area contributed by atoms with Crippen LogP contribution in [-0.4, -0.2) is 54.7 Å². The van der Waals surface area contributed by atoms with E-state index in [1.165, 1.54) is 12.0 Å². The van der Waals surface area contributed by atoms with Crippen LogP contribution in [0.3, 0.4) is 0 Å². The number of nitrogens with one attached hydrogen (secondary N) is 1. The zero-order valence-corrected chi connectivity index (χ0v) is 9.64. The summed E-state index contributed by atoms with van der Waals surface area (Å²) in [5, 5.41) is 10.7. The number of carboxylic acids is 1. The number of methoxy groups -OCH3 is 1. The van der Waals surface area contributed by atoms with Crippen LogP contribution in [-0.2, 0) is 14.3 Å². The molecule has 1 heterocycles. The lowest BCUT2D eigenvalue weighted by Crippen LogP contribution is -2.46. The van der Waals surface area contributed by atoms with Crippen LogP contribution in [0.1, 0.15) is 12.8 Å². The molecule has 2 amide bonds. The first-order valence-corrected chi connectivity index (χ1v) is 5.37. The fourth-order valence-corrected chi connectivity index (χ4v) is 1.75. The number of hydrogen-bond donors (Lipinski definition) is 2. The van der Waals surface area contributed by atoms with E-state index in [4.69, 9.17) is 5.11 Å². The minimum absolute atomic E-state index is 0.163. The quantitative estimate of drug-likeness (QED) is 0.662. The van der Waals surface area contributed by atoms with E-state index < -0.39 is 18.5 Å². The zero-order chi connectivity index (χ0) is 12.8. The zero-order valence-electron chi connectivity index (χ0n) is 9.64. The highest BCUT2D eigenvalue weighted by Crippen LogP contribution is 2.18. The Hall–Kier alpha value is -1.79. The number of rotatable bonds is 3. The number of nitrogens with zero attached hydrogens (tertiary/aromatic N) is 1. The number of hydrogen-bond acceptors (Lipinski definition) is 4. The molecule has 7 heteroatoms. The van der Waals surface area contributed by atoms with Gasteiger partial charge in [0.15, 0.2) is 0 Å². The summed E-state index contributed by atoms with van der Waals surface area (Å²) in [6.07, 6.45) is 1.10. The number of amides is 2. The molecule has 0 aliphatic carbocycles. The molecule has 0 unspecified atom stereocenters. The van der Waals surface area contributed by atoms with Gasteiger partial charge in [0.05, 0.1) is 13.0 Å². The molecule has 0 atom stereocenters. The molecule has 0 spiro atoms. The third-order valence-corrected chi connectivity index (χ3v) is 2.71. The van der Waals surface area contributed by atoms with Crippen LogP contribution in [0.15, 0.2) is 0 Å². The molecule has 0 aromatic rings. The van der Waals surface area contributed by atoms with Gasteiger partial charge in [0.25, 0.3) is 0 Å². The predicted octanol–water partition coefficient (Wildman–Crippen LogP) is -0.334. The van der Waals surface area contributed by atoms with Crippen molar-refractivity contribution >= 4 is 18.0 Å². The summed E-state index contributed by atoms with van der Waals surface area (Å²) in [6.45, 7) is 0.478. The van der Waals surface area contributed by atoms with Gasteiger partial charge in [-0.3, -0.25) is 9.59 Å². The largest absolute Gasteiger partial charge is 0.480 e. The van der Waals surface area contributed by atoms with E-state index in [1.807, 2.05) is 0 Å². The topological polar surface area (TPSA) is 95.9 Å². The Labute approximate surface area is 98.7 Å². The average Bonchev–Trinajstić information content (AvgIpc) is 2.35. The molecular formula is C10H16N2O5. The van der Waals surface area contributed by atoms with Crippen LogP contribution in [0.25, 0.3) is 0 Å². The lowest BCUT2D eigenvalue weighted by Gasteiger charge is -2.30. The lowest BCUT2D eigenvalue weighted by atomic mass is 9.97. The molecule has 1 aliphatic rings. The molecule has 7 nitrogen and oxygen atoms in total. The number of urea groups is 1. The van der Waals surface area contributed by atoms with Crippen LogP contribution in [0, 0.1) is 5.92 Å². The van der Waals surface area contributed by atoms with E-state index in [0.29, 0.717) is 25.9 Å². The Morgan fingerprint density at radius 2 is 1.94 bits per heavy atom. The molecule has 2 N–H and O–H groups in total. The van der Waals surface area contributed by atoms with E-state index >= 15 is 0 Å². The van der Waals surface area contributed by atoms with Gasteiger partial charge in [-0.15, -0.1) is 0 Å². The molecule has 0 saturated carbocycles. The van der Waals surface area contributed by atoms with Gasteiger partial charge in [-0.25, -0.2) is 4.79 Å². The molecule has 1 rings (SSSR count). The first-order chi connectivity index (χ1) is 8.04. The van der Waals surface area contributed by atoms with Crippen molar-refractivity contribution < 1.29 is 24.2 Å². The molecule has 96 valence electrons. The van der Waals surface area contributed by atoms with Crippen molar-refractivity contribution in [1.82, 2.24) is 10.2 Å². The minimum Gasteiger partial charge on any atom is -0.480 e. The number of carbonyl (C=O) groups is 3. The maximum absolute atomic E-state index is 11.5. The summed E-state index contributed by atoms with van der Waals surface area (Å²) in [7, 11) is 1.34. The number of esters is 1. The highest BCUT2D eigenvalue weighted by Gasteiger charge is 2.27. The van der Waals surface area contributed by atoms with Gasteiger partial charge < -0.3 is 20.1 Å². The Bertz CT molecular complexity index is 310. The number of carbonyl (C=O) groups excluding carboxylic acids is 2. The van der Waals surface area contributed by atoms with E-state index in [1.54, 1.807) is 0 Å². The second-order valence-corrected chi connectivity index (χ2v) is 3.84. The van der Waals surface area contributed by atoms with Gasteiger partial charge in [-0.2, -0.15) is 0 Å². The monoisotopic (exact) mass is 244 g/mol. The third-order valence-electron chi connectivity index (χ3n) is 2.71. The summed E-state index contributed by atoms with van der Waals surface area (Å²) in [5.41, 5.74) is 0. The van der Waals surface area contributed by atoms with Gasteiger partial charge in [0.2, 0.25) is 0 Å². The molecule has 0 aromatic heterocycles. The molecule has 0 aromatic carbocycles. The van der Waals surface area contributed by atoms with Crippen LogP contribution in [0.4, 0.5) is 4.79 Å². The van der Waals surface area contributed by atoms with Crippen LogP contribution in [0.2, 0.25) is 0 Å². The number of aliphatic carboxylic acids is 1. The van der Waals surface area contributed by atoms with Gasteiger partial charge in [-0.1, -0.05) is 0 Å². The number of likely N-dealkylation sites (tertiary alicyclic amines) is 1. The maximum atomic E-state index is 11.5. The van der Waals surface area contributed by atoms with E-state index in [-0.39, 0.29) is 11.9 Å². The van der Waals surface area contributed by atoms with Gasteiger partial charge in [-0.05, 0) is 12.8 Å². The van der Waals surface area contributed by atoms with Gasteiger partial charge in [0.1, 0.15) is 6.54 Å². The summed E-state index contributed by atoms with van der Waals surface area (Å²) in [4.78, 5) is 34.5. The Balaban J connectivity index is 2.33. The Morgan fingerprint density at radius 1 is 1.35 bits per heavy atom. The minimum atomic E-state index is -1.08. The number of carboxylic acid groups (broad SMARTS) is 1. The maximum Gasteiger partial charge on any atom is 0.323 e. The molecule has 1 aliphatic heterocycles. The average molecular weight is 244 g/mol. The van der Waals surface area contributed by atoms with Crippen molar-refractivity contribution in [3.8, 4) is 0 Å². The van der Waals surface area contributed by atoms with Crippen LogP contribution >= 0.6 is 0 Å². The fourth-order valence-electron chi connectivity index (χ4n) is 1.75. The molecule has 17 heavy (non-hydrogen) atoms. The van der Waals surface area contributed by atoms with Crippen LogP contribution in [0.5, 0.6) is 0 Å². The van der Waals surface area contributed by atoms with Crippen molar-refractivity contribution in [3.63, 3.8) is 0 Å². The van der Waals surface area contributed by atoms with Crippen molar-refractivity contribution in [1.29, 1.82) is 0 Å². The first kappa shape index (κ1) is 13.3. The molecule has 0 bridgehead atoms. The van der Waals surface area contributed by atoms with Crippen molar-refractivity contribution in [2.45, 2.75) is 12.8 Å². The van der Waals surface area contributed by atoms with E-state index in [0.717, 1.165) is 0 Å². The van der Waals surface area contributed by atoms with Crippen molar-refractivity contribution in [2.75, 3.05) is 26.7 Å². The fraction of sp³-hybridized carbons (Fsp3) is 0.700. The Kier molecular flexibility index (Phi) is 4.74. The second kappa shape index (κ2) is 6.07. The normalized spacial score (nSPS) is 16.4. The van der Waals surface area contributed by atoms with E-state index in [2.05, 4.69) is 10.1 Å². The molecule has 1 saturated heterocycles. The molecular weight excluding hydrogens is 228 g/mol. The van der Waals surface area contributed by atoms with Gasteiger partial charge >= 0.3 is 18.0 Å². The predicted molar refractivity (Wildman–Crippen MR) is 57.3 cm³/mol. The highest BCUT2D eigenvalue weighted by molar-refractivity contribution is 5.80. The number of ether oxygens (including phenoxy) is 1. The van der Waals surface area contributed by atoms with Crippen LogP contribution < -0.4 is 5.32 Å². The second-order valence-electron chi connectivity index (χ2n) is 3.84. The third kappa shape index (κ3) is 3.93. The van der Waals surface area contributed by atoms with Gasteiger partial charge in [0, 0.05) is 13.1 Å². The number of piperidine rings is 1. The standard InChI is InChI=1S/C10H16N2O5/c1-17-9(15)7-2-4-12(5-3-7)10(16)11-6-8(13)14/h7H,2-6H2,1H3,(H,11,16)(H,13,14). The van der Waals surface area contributed by atoms with Crippen molar-refractivity contribution in [2.24, 2.45) is 5.92 Å². The first-order valence-electron chi connectivity index (χ1n) is 5.37. The van der Waals surface area contributed by atoms with E-state index in [9.17, 15) is 14.4 Å².